The van der Waals surface area contributed by atoms with E-state index in [0.717, 1.165) is 25.2 Å². The van der Waals surface area contributed by atoms with Crippen molar-refractivity contribution >= 4 is 0 Å². The number of hydrogen-bond acceptors (Lipinski definition) is 2. The molecule has 0 saturated heterocycles. The predicted octanol–water partition coefficient (Wildman–Crippen LogP) is 3.31. The fourth-order valence-electron chi connectivity index (χ4n) is 2.04. The molecule has 116 valence electrons. The molecule has 0 aromatic carbocycles. The van der Waals surface area contributed by atoms with Crippen LogP contribution < -0.4 is 0 Å². The first kappa shape index (κ1) is 19.5. The van der Waals surface area contributed by atoms with Crippen molar-refractivity contribution in [2.45, 2.75) is 46.0 Å². The molecular weight excluding hydrogens is 260 g/mol. The highest BCUT2D eigenvalue weighted by Crippen LogP contribution is 2.22. The van der Waals surface area contributed by atoms with Crippen LogP contribution in [0.1, 0.15) is 46.0 Å². The molecule has 2 nitrogen and oxygen atoms in total. The van der Waals surface area contributed by atoms with Crippen LogP contribution in [0.2, 0.25) is 0 Å². The summed E-state index contributed by atoms with van der Waals surface area (Å²) in [6.45, 7) is 4.78. The standard InChI is InChI=1S/C19H28O2/c1-3-18(2)17-19(14-16-21)13-11-9-7-5-4-6-8-10-12-15-20/h7,9-10,12,18-21H,3,11,13-17H2,1-2H3/b9-7+,12-10+. The van der Waals surface area contributed by atoms with E-state index in [1.165, 1.54) is 12.8 Å². The van der Waals surface area contributed by atoms with E-state index in [1.54, 1.807) is 12.2 Å². The lowest BCUT2D eigenvalue weighted by Gasteiger charge is -2.18. The summed E-state index contributed by atoms with van der Waals surface area (Å²) in [7, 11) is 0. The van der Waals surface area contributed by atoms with Crippen molar-refractivity contribution < 1.29 is 10.2 Å². The maximum atomic E-state index is 9.11. The normalized spacial score (nSPS) is 13.5. The van der Waals surface area contributed by atoms with Crippen LogP contribution in [0.3, 0.4) is 0 Å². The molecule has 0 bridgehead atoms. The van der Waals surface area contributed by atoms with Crippen molar-refractivity contribution in [1.29, 1.82) is 0 Å². The average molecular weight is 288 g/mol. The summed E-state index contributed by atoms with van der Waals surface area (Å²) >= 11 is 0. The maximum Gasteiger partial charge on any atom is 0.0621 e. The monoisotopic (exact) mass is 288 g/mol. The van der Waals surface area contributed by atoms with Gasteiger partial charge in [0.15, 0.2) is 0 Å². The van der Waals surface area contributed by atoms with Gasteiger partial charge in [0.1, 0.15) is 0 Å². The molecule has 0 spiro atoms. The Bertz CT molecular complexity index is 412. The van der Waals surface area contributed by atoms with Gasteiger partial charge in [0.05, 0.1) is 6.61 Å². The highest BCUT2D eigenvalue weighted by Gasteiger charge is 2.10. The molecule has 2 atom stereocenters. The summed E-state index contributed by atoms with van der Waals surface area (Å²) in [5, 5.41) is 17.6. The Balaban J connectivity index is 4.01. The fourth-order valence-corrected chi connectivity index (χ4v) is 2.04. The van der Waals surface area contributed by atoms with Crippen LogP contribution in [0.4, 0.5) is 0 Å². The van der Waals surface area contributed by atoms with E-state index in [4.69, 9.17) is 10.2 Å². The highest BCUT2D eigenvalue weighted by molar-refractivity contribution is 5.33. The summed E-state index contributed by atoms with van der Waals surface area (Å²) in [5.41, 5.74) is 0. The third-order valence-electron chi connectivity index (χ3n) is 3.43. The molecular formula is C19H28O2. The first-order chi connectivity index (χ1) is 10.2. The van der Waals surface area contributed by atoms with Crippen LogP contribution in [0.15, 0.2) is 24.3 Å². The van der Waals surface area contributed by atoms with Crippen LogP contribution in [-0.2, 0) is 0 Å². The number of allylic oxidation sites excluding steroid dienone is 3. The van der Waals surface area contributed by atoms with Crippen molar-refractivity contribution in [2.24, 2.45) is 11.8 Å². The number of rotatable bonds is 9. The summed E-state index contributed by atoms with van der Waals surface area (Å²) < 4.78 is 0. The van der Waals surface area contributed by atoms with Crippen LogP contribution in [0.25, 0.3) is 0 Å². The minimum Gasteiger partial charge on any atom is -0.396 e. The third-order valence-corrected chi connectivity index (χ3v) is 3.43. The molecule has 0 rings (SSSR count). The molecule has 0 saturated carbocycles. The Kier molecular flexibility index (Phi) is 13.9. The zero-order chi connectivity index (χ0) is 15.8. The zero-order valence-corrected chi connectivity index (χ0v) is 13.3. The largest absolute Gasteiger partial charge is 0.396 e. The Morgan fingerprint density at radius 2 is 1.67 bits per heavy atom. The lowest BCUT2D eigenvalue weighted by atomic mass is 9.88. The van der Waals surface area contributed by atoms with Gasteiger partial charge in [-0.3, -0.25) is 0 Å². The topological polar surface area (TPSA) is 40.5 Å². The van der Waals surface area contributed by atoms with Gasteiger partial charge in [0.2, 0.25) is 0 Å². The molecule has 0 aromatic rings. The van der Waals surface area contributed by atoms with Gasteiger partial charge in [-0.15, -0.1) is 0 Å². The second-order valence-corrected chi connectivity index (χ2v) is 5.23. The maximum absolute atomic E-state index is 9.11. The predicted molar refractivity (Wildman–Crippen MR) is 89.4 cm³/mol. The molecule has 0 fully saturated rings. The quantitative estimate of drug-likeness (QED) is 0.639. The second-order valence-electron chi connectivity index (χ2n) is 5.23. The van der Waals surface area contributed by atoms with E-state index in [-0.39, 0.29) is 13.2 Å². The third kappa shape index (κ3) is 13.3. The van der Waals surface area contributed by atoms with Gasteiger partial charge in [-0.25, -0.2) is 0 Å². The molecule has 0 aliphatic carbocycles. The Morgan fingerprint density at radius 1 is 1.00 bits per heavy atom. The molecule has 0 aromatic heterocycles. The first-order valence-electron chi connectivity index (χ1n) is 7.77. The van der Waals surface area contributed by atoms with Gasteiger partial charge >= 0.3 is 0 Å². The molecule has 2 N–H and O–H groups in total. The Hall–Kier alpha value is -1.48. The van der Waals surface area contributed by atoms with Gasteiger partial charge in [0.25, 0.3) is 0 Å². The summed E-state index contributed by atoms with van der Waals surface area (Å²) in [6.07, 6.45) is 12.5. The van der Waals surface area contributed by atoms with Crippen LogP contribution >= 0.6 is 0 Å². The zero-order valence-electron chi connectivity index (χ0n) is 13.3. The molecule has 21 heavy (non-hydrogen) atoms. The van der Waals surface area contributed by atoms with E-state index in [1.807, 2.05) is 6.08 Å². The first-order valence-corrected chi connectivity index (χ1v) is 7.77. The molecule has 0 aliphatic heterocycles. The van der Waals surface area contributed by atoms with Crippen molar-refractivity contribution in [1.82, 2.24) is 0 Å². The van der Waals surface area contributed by atoms with Crippen LogP contribution in [-0.4, -0.2) is 23.4 Å². The smallest absolute Gasteiger partial charge is 0.0621 e. The molecule has 0 amide bonds. The van der Waals surface area contributed by atoms with Gasteiger partial charge in [-0.1, -0.05) is 44.3 Å². The van der Waals surface area contributed by atoms with Gasteiger partial charge in [-0.2, -0.15) is 0 Å². The number of aliphatic hydroxyl groups excluding tert-OH is 2. The second kappa shape index (κ2) is 14.9. The van der Waals surface area contributed by atoms with Gasteiger partial charge in [-0.05, 0) is 61.5 Å². The van der Waals surface area contributed by atoms with Gasteiger partial charge in [0, 0.05) is 6.61 Å². The molecule has 2 heteroatoms. The van der Waals surface area contributed by atoms with Crippen LogP contribution in [0.5, 0.6) is 0 Å². The van der Waals surface area contributed by atoms with Crippen molar-refractivity contribution in [2.75, 3.05) is 13.2 Å². The minimum absolute atomic E-state index is 0.00761. The average Bonchev–Trinajstić information content (AvgIpc) is 2.49. The van der Waals surface area contributed by atoms with Gasteiger partial charge < -0.3 is 10.2 Å². The minimum atomic E-state index is 0.00761. The lowest BCUT2D eigenvalue weighted by Crippen LogP contribution is -2.08. The Labute approximate surface area is 130 Å². The summed E-state index contributed by atoms with van der Waals surface area (Å²) in [5.74, 6) is 12.3. The molecule has 0 radical (unpaired) electrons. The fraction of sp³-hybridized carbons (Fsp3) is 0.579. The van der Waals surface area contributed by atoms with Crippen molar-refractivity contribution in [3.05, 3.63) is 24.3 Å². The van der Waals surface area contributed by atoms with E-state index >= 15 is 0 Å². The van der Waals surface area contributed by atoms with Crippen molar-refractivity contribution in [3.63, 3.8) is 0 Å². The number of hydrogen-bond donors (Lipinski definition) is 2. The van der Waals surface area contributed by atoms with Crippen LogP contribution in [0, 0.1) is 35.5 Å². The number of aliphatic hydroxyl groups is 2. The molecule has 2 unspecified atom stereocenters. The van der Waals surface area contributed by atoms with E-state index in [9.17, 15) is 0 Å². The SMILES string of the molecule is CCC(C)CC(CCO)CC/C=C/C#CC#C/C=C/CO. The lowest BCUT2D eigenvalue weighted by molar-refractivity contribution is 0.233. The molecule has 0 aliphatic rings. The van der Waals surface area contributed by atoms with E-state index in [2.05, 4.69) is 43.6 Å². The van der Waals surface area contributed by atoms with Crippen molar-refractivity contribution in [3.8, 4) is 23.7 Å². The van der Waals surface area contributed by atoms with E-state index < -0.39 is 0 Å². The highest BCUT2D eigenvalue weighted by atomic mass is 16.3. The van der Waals surface area contributed by atoms with E-state index in [0.29, 0.717) is 5.92 Å². The Morgan fingerprint density at radius 3 is 2.24 bits per heavy atom. The summed E-state index contributed by atoms with van der Waals surface area (Å²) in [4.78, 5) is 0. The molecule has 0 heterocycles. The summed E-state index contributed by atoms with van der Waals surface area (Å²) in [6, 6.07) is 0.